The molecule has 0 aliphatic heterocycles. The molecule has 0 unspecified atom stereocenters. The predicted octanol–water partition coefficient (Wildman–Crippen LogP) is 5.19. The summed E-state index contributed by atoms with van der Waals surface area (Å²) in [6, 6.07) is 7.51. The van der Waals surface area contributed by atoms with Crippen molar-refractivity contribution < 1.29 is 8.78 Å². The fraction of sp³-hybridized carbons (Fsp3) is 0.0667. The van der Waals surface area contributed by atoms with Crippen LogP contribution < -0.4 is 0 Å². The summed E-state index contributed by atoms with van der Waals surface area (Å²) in [5.74, 6) is -1.54. The van der Waals surface area contributed by atoms with Crippen molar-refractivity contribution in [1.29, 1.82) is 0 Å². The molecule has 3 aromatic rings. The van der Waals surface area contributed by atoms with Crippen molar-refractivity contribution in [2.45, 2.75) is 6.92 Å². The molecule has 0 atom stereocenters. The molecule has 21 heavy (non-hydrogen) atoms. The van der Waals surface area contributed by atoms with E-state index in [9.17, 15) is 8.78 Å². The lowest BCUT2D eigenvalue weighted by Crippen LogP contribution is -1.99. The molecule has 0 saturated heterocycles. The number of fused-ring (bicyclic) bond motifs is 1. The number of hydrogen-bond acceptors (Lipinski definition) is 2. The van der Waals surface area contributed by atoms with Crippen LogP contribution >= 0.6 is 23.2 Å². The molecule has 0 aliphatic rings. The third-order valence-electron chi connectivity index (χ3n) is 3.14. The molecule has 0 aliphatic carbocycles. The van der Waals surface area contributed by atoms with Crippen molar-refractivity contribution in [2.75, 3.05) is 0 Å². The second-order valence-corrected chi connectivity index (χ2v) is 5.29. The number of aromatic nitrogens is 2. The second-order valence-electron chi connectivity index (χ2n) is 4.53. The zero-order chi connectivity index (χ0) is 15.1. The lowest BCUT2D eigenvalue weighted by molar-refractivity contribution is 0.582. The van der Waals surface area contributed by atoms with Crippen LogP contribution in [0.2, 0.25) is 10.2 Å². The first kappa shape index (κ1) is 14.2. The van der Waals surface area contributed by atoms with E-state index in [0.717, 1.165) is 0 Å². The van der Waals surface area contributed by atoms with Crippen molar-refractivity contribution >= 4 is 34.1 Å². The van der Waals surface area contributed by atoms with E-state index in [-0.39, 0.29) is 16.5 Å². The van der Waals surface area contributed by atoms with E-state index < -0.39 is 11.6 Å². The highest BCUT2D eigenvalue weighted by Crippen LogP contribution is 2.32. The molecule has 0 N–H and O–H groups in total. The van der Waals surface area contributed by atoms with Crippen LogP contribution in [0.5, 0.6) is 0 Å². The molecule has 0 amide bonds. The van der Waals surface area contributed by atoms with Crippen molar-refractivity contribution in [2.24, 2.45) is 0 Å². The van der Waals surface area contributed by atoms with E-state index in [1.165, 1.54) is 19.1 Å². The van der Waals surface area contributed by atoms with Gasteiger partial charge in [0.15, 0.2) is 5.82 Å². The molecule has 0 spiro atoms. The van der Waals surface area contributed by atoms with Crippen molar-refractivity contribution in [3.8, 4) is 11.4 Å². The highest BCUT2D eigenvalue weighted by Gasteiger charge is 2.18. The Kier molecular flexibility index (Phi) is 3.51. The van der Waals surface area contributed by atoms with Crippen LogP contribution in [0.25, 0.3) is 22.3 Å². The third kappa shape index (κ3) is 2.34. The molecule has 1 heterocycles. The van der Waals surface area contributed by atoms with Gasteiger partial charge in [0.25, 0.3) is 0 Å². The van der Waals surface area contributed by atoms with Crippen LogP contribution in [0.15, 0.2) is 30.3 Å². The van der Waals surface area contributed by atoms with Crippen LogP contribution in [0, 0.1) is 18.6 Å². The summed E-state index contributed by atoms with van der Waals surface area (Å²) in [6.07, 6.45) is 0. The normalized spacial score (nSPS) is 11.1. The summed E-state index contributed by atoms with van der Waals surface area (Å²) in [5, 5.41) is 0.896. The Morgan fingerprint density at radius 1 is 1.00 bits per heavy atom. The topological polar surface area (TPSA) is 25.8 Å². The first-order valence-corrected chi connectivity index (χ1v) is 6.81. The lowest BCUT2D eigenvalue weighted by Gasteiger charge is -2.09. The van der Waals surface area contributed by atoms with E-state index in [0.29, 0.717) is 21.5 Å². The van der Waals surface area contributed by atoms with E-state index in [1.807, 2.05) is 0 Å². The van der Waals surface area contributed by atoms with Crippen LogP contribution in [0.1, 0.15) is 5.56 Å². The summed E-state index contributed by atoms with van der Waals surface area (Å²) >= 11 is 12.1. The largest absolute Gasteiger partial charge is 0.228 e. The molecule has 0 fully saturated rings. The molecular formula is C15H8Cl2F2N2. The fourth-order valence-corrected chi connectivity index (χ4v) is 2.66. The van der Waals surface area contributed by atoms with Crippen LogP contribution in [-0.2, 0) is 0 Å². The first-order chi connectivity index (χ1) is 9.99. The zero-order valence-corrected chi connectivity index (χ0v) is 12.3. The van der Waals surface area contributed by atoms with E-state index in [1.54, 1.807) is 18.2 Å². The molecule has 1 aromatic heterocycles. The van der Waals surface area contributed by atoms with Crippen LogP contribution in [0.4, 0.5) is 8.78 Å². The summed E-state index contributed by atoms with van der Waals surface area (Å²) in [4.78, 5) is 8.15. The van der Waals surface area contributed by atoms with Gasteiger partial charge in [-0.1, -0.05) is 35.3 Å². The Morgan fingerprint density at radius 3 is 2.52 bits per heavy atom. The number of hydrogen-bond donors (Lipinski definition) is 0. The van der Waals surface area contributed by atoms with Crippen LogP contribution in [-0.4, -0.2) is 9.97 Å². The maximum atomic E-state index is 14.2. The van der Waals surface area contributed by atoms with E-state index >= 15 is 0 Å². The average molecular weight is 325 g/mol. The molecule has 0 radical (unpaired) electrons. The Balaban J connectivity index is 2.35. The Morgan fingerprint density at radius 2 is 1.76 bits per heavy atom. The lowest BCUT2D eigenvalue weighted by atomic mass is 10.1. The molecule has 6 heteroatoms. The number of benzene rings is 2. The Hall–Kier alpha value is -1.78. The van der Waals surface area contributed by atoms with Gasteiger partial charge in [-0.2, -0.15) is 0 Å². The van der Waals surface area contributed by atoms with Gasteiger partial charge in [0.05, 0.1) is 21.5 Å². The van der Waals surface area contributed by atoms with Crippen molar-refractivity contribution in [3.63, 3.8) is 0 Å². The third-order valence-corrected chi connectivity index (χ3v) is 3.72. The van der Waals surface area contributed by atoms with Gasteiger partial charge in [-0.25, -0.2) is 18.7 Å². The van der Waals surface area contributed by atoms with Gasteiger partial charge in [-0.3, -0.25) is 0 Å². The maximum Gasteiger partial charge on any atom is 0.167 e. The zero-order valence-electron chi connectivity index (χ0n) is 10.8. The van der Waals surface area contributed by atoms with Crippen molar-refractivity contribution in [3.05, 3.63) is 57.7 Å². The summed E-state index contributed by atoms with van der Waals surface area (Å²) < 4.78 is 28.1. The molecule has 0 saturated carbocycles. The molecule has 2 aromatic carbocycles. The molecule has 106 valence electrons. The minimum Gasteiger partial charge on any atom is -0.228 e. The number of rotatable bonds is 1. The number of aryl methyl sites for hydroxylation is 1. The van der Waals surface area contributed by atoms with Gasteiger partial charge in [0.1, 0.15) is 16.8 Å². The summed E-state index contributed by atoms with van der Waals surface area (Å²) in [7, 11) is 0. The first-order valence-electron chi connectivity index (χ1n) is 6.06. The van der Waals surface area contributed by atoms with E-state index in [4.69, 9.17) is 23.2 Å². The average Bonchev–Trinajstić information content (AvgIpc) is 2.43. The highest BCUT2D eigenvalue weighted by atomic mass is 35.5. The van der Waals surface area contributed by atoms with Gasteiger partial charge in [0.2, 0.25) is 0 Å². The van der Waals surface area contributed by atoms with Gasteiger partial charge < -0.3 is 0 Å². The fourth-order valence-electron chi connectivity index (χ4n) is 2.07. The van der Waals surface area contributed by atoms with Gasteiger partial charge >= 0.3 is 0 Å². The Labute approximate surface area is 129 Å². The molecule has 2 nitrogen and oxygen atoms in total. The minimum atomic E-state index is -0.740. The van der Waals surface area contributed by atoms with E-state index in [2.05, 4.69) is 9.97 Å². The SMILES string of the molecule is Cc1ccc(F)c(-c2nc(Cl)c3c(Cl)cccc3n2)c1F. The standard InChI is InChI=1S/C15H8Cl2F2N2/c1-7-5-6-9(18)12(13(7)19)15-20-10-4-2-3-8(16)11(10)14(17)21-15/h2-6H,1H3. The minimum absolute atomic E-state index is 0.0564. The molecular weight excluding hydrogens is 317 g/mol. The highest BCUT2D eigenvalue weighted by molar-refractivity contribution is 6.41. The van der Waals surface area contributed by atoms with Crippen LogP contribution in [0.3, 0.4) is 0 Å². The summed E-state index contributed by atoms with van der Waals surface area (Å²) in [5.41, 5.74) is 0.439. The maximum absolute atomic E-state index is 14.2. The number of halogens is 4. The predicted molar refractivity (Wildman–Crippen MR) is 79.6 cm³/mol. The molecule has 0 bridgehead atoms. The number of nitrogens with zero attached hydrogens (tertiary/aromatic N) is 2. The summed E-state index contributed by atoms with van der Waals surface area (Å²) in [6.45, 7) is 1.54. The quantitative estimate of drug-likeness (QED) is 0.575. The van der Waals surface area contributed by atoms with Gasteiger partial charge in [-0.15, -0.1) is 0 Å². The van der Waals surface area contributed by atoms with Crippen molar-refractivity contribution in [1.82, 2.24) is 9.97 Å². The smallest absolute Gasteiger partial charge is 0.167 e. The van der Waals surface area contributed by atoms with Gasteiger partial charge in [0, 0.05) is 0 Å². The Bertz CT molecular complexity index is 866. The second kappa shape index (κ2) is 5.20. The monoisotopic (exact) mass is 324 g/mol. The van der Waals surface area contributed by atoms with Gasteiger partial charge in [-0.05, 0) is 30.7 Å². The molecule has 3 rings (SSSR count).